The summed E-state index contributed by atoms with van der Waals surface area (Å²) in [5, 5.41) is 1.54. The Balaban J connectivity index is -0.000000143. The molecule has 0 atom stereocenters. The van der Waals surface area contributed by atoms with Crippen molar-refractivity contribution in [1.29, 1.82) is 0 Å². The van der Waals surface area contributed by atoms with Crippen molar-refractivity contribution in [2.24, 2.45) is 10.3 Å². The summed E-state index contributed by atoms with van der Waals surface area (Å²) in [5.41, 5.74) is 0. The van der Waals surface area contributed by atoms with Gasteiger partial charge in [-0.05, 0) is 0 Å². The molecule has 0 unspecified atom stereocenters. The van der Waals surface area contributed by atoms with E-state index < -0.39 is 20.6 Å². The molecule has 0 heterocycles. The maximum atomic E-state index is 9.15. The summed E-state index contributed by atoms with van der Waals surface area (Å²) < 4.78 is 66.3. The van der Waals surface area contributed by atoms with Crippen LogP contribution >= 0.6 is 0 Å². The van der Waals surface area contributed by atoms with Crippen LogP contribution in [0.2, 0.25) is 2.82 Å². The standard InChI is InChI=1S/Cu.2H3NO3S/c;2*1-5(2,3)4/h;2*(H3,1,2,3,4)/q+2;;/p-2/i/hD2. The van der Waals surface area contributed by atoms with Crippen LogP contribution < -0.4 is 10.3 Å². The summed E-state index contributed by atoms with van der Waals surface area (Å²) in [4.78, 5) is 0. The van der Waals surface area contributed by atoms with Crippen LogP contribution in [0.5, 0.6) is 0 Å². The van der Waals surface area contributed by atoms with Gasteiger partial charge in [0.25, 0.3) is 0 Å². The molecule has 0 aromatic carbocycles. The summed E-state index contributed by atoms with van der Waals surface area (Å²) in [6.45, 7) is 0. The fourth-order valence-electron chi connectivity index (χ4n) is 0. The molecule has 0 amide bonds. The van der Waals surface area contributed by atoms with Crippen LogP contribution in [0.1, 0.15) is 0 Å². The maximum Gasteiger partial charge on any atom is 2.00 e. The number of nitrogens with two attached hydrogens (primary N) is 2. The number of hydrogen-bond acceptors (Lipinski definition) is 6. The zero-order valence-electron chi connectivity index (χ0n) is 6.57. The van der Waals surface area contributed by atoms with E-state index in [1.807, 2.05) is 0 Å². The van der Waals surface area contributed by atoms with Gasteiger partial charge < -0.3 is 9.11 Å². The first-order valence-electron chi connectivity index (χ1n) is 2.41. The molecule has 0 aromatic rings. The molecule has 1 radical (unpaired) electrons. The topological polar surface area (TPSA) is 166 Å². The molecule has 73 valence electrons. The summed E-state index contributed by atoms with van der Waals surface area (Å²) in [6, 6.07) is 0. The van der Waals surface area contributed by atoms with Crippen LogP contribution in [0.4, 0.5) is 0 Å². The van der Waals surface area contributed by atoms with Gasteiger partial charge in [0.1, 0.15) is 2.82 Å². The van der Waals surface area contributed by atoms with E-state index in [0.717, 1.165) is 10.3 Å². The van der Waals surface area contributed by atoms with E-state index in [0.29, 0.717) is 0 Å². The molecule has 11 heteroatoms. The van der Waals surface area contributed by atoms with E-state index in [4.69, 9.17) is 28.8 Å². The zero-order valence-corrected chi connectivity index (χ0v) is 7.14. The van der Waals surface area contributed by atoms with E-state index >= 15 is 0 Å². The van der Waals surface area contributed by atoms with Crippen molar-refractivity contribution in [3.05, 3.63) is 0 Å². The predicted octanol–water partition coefficient (Wildman–Crippen LogP) is -3.19. The molecule has 0 spiro atoms. The molecule has 0 aromatic heterocycles. The van der Waals surface area contributed by atoms with Crippen LogP contribution in [-0.4, -0.2) is 25.9 Å². The van der Waals surface area contributed by atoms with Gasteiger partial charge in [0, 0.05) is 0 Å². The Hall–Kier alpha value is 0.259. The van der Waals surface area contributed by atoms with E-state index in [1.54, 1.807) is 0 Å². The Morgan fingerprint density at radius 2 is 1.09 bits per heavy atom. The molecule has 0 bridgehead atoms. The second kappa shape index (κ2) is 5.85. The fraction of sp³-hybridized carbons (Fsp3) is 0. The largest absolute Gasteiger partial charge is 2.00 e. The second-order valence-electron chi connectivity index (χ2n) is 0.908. The van der Waals surface area contributed by atoms with Gasteiger partial charge in [-0.1, -0.05) is 0 Å². The third kappa shape index (κ3) is 10400. The van der Waals surface area contributed by atoms with E-state index in [1.165, 1.54) is 0 Å². The van der Waals surface area contributed by atoms with Gasteiger partial charge in [-0.15, -0.1) is 0 Å². The van der Waals surface area contributed by atoms with Gasteiger partial charge in [0.15, 0.2) is 20.6 Å². The molecule has 0 aliphatic carbocycles. The minimum absolute atomic E-state index is 0. The second-order valence-corrected chi connectivity index (χ2v) is 2.72. The SMILES string of the molecule is [2H]NS(=O)(=O)[O-].[2H]NS(=O)(=O)[O-].[Cu+2]. The zero-order chi connectivity index (χ0) is 10.4. The normalized spacial score (nSPS) is 12.9. The molecule has 0 aliphatic rings. The van der Waals surface area contributed by atoms with Crippen molar-refractivity contribution in [3.63, 3.8) is 0 Å². The van der Waals surface area contributed by atoms with Crippen LogP contribution in [-0.2, 0) is 37.7 Å². The van der Waals surface area contributed by atoms with Crippen LogP contribution in [0.3, 0.4) is 0 Å². The molecule has 0 fully saturated rings. The third-order valence-corrected chi connectivity index (χ3v) is 0. The Labute approximate surface area is 77.1 Å². The van der Waals surface area contributed by atoms with Gasteiger partial charge in [-0.3, -0.25) is 0 Å². The van der Waals surface area contributed by atoms with Crippen molar-refractivity contribution in [3.8, 4) is 0 Å². The molecule has 0 saturated heterocycles. The van der Waals surface area contributed by atoms with Gasteiger partial charge >= 0.3 is 17.1 Å². The molecule has 0 aliphatic heterocycles. The summed E-state index contributed by atoms with van der Waals surface area (Å²) in [5.74, 6) is 0. The molecule has 8 nitrogen and oxygen atoms in total. The van der Waals surface area contributed by atoms with Gasteiger partial charge in [-0.2, -0.15) is 0 Å². The van der Waals surface area contributed by atoms with Crippen molar-refractivity contribution < 1.29 is 45.8 Å². The minimum Gasteiger partial charge on any atom is -0.736 e. The first-order valence-corrected chi connectivity index (χ1v) is 4.22. The van der Waals surface area contributed by atoms with E-state index in [2.05, 4.69) is 0 Å². The average molecular weight is 258 g/mol. The molecule has 0 rings (SSSR count). The van der Waals surface area contributed by atoms with Crippen LogP contribution in [0.25, 0.3) is 0 Å². The fourth-order valence-corrected chi connectivity index (χ4v) is 0. The average Bonchev–Trinajstić information content (AvgIpc) is 1.86. The molecular formula is H4CuN2O6S2. The predicted molar refractivity (Wildman–Crippen MR) is 27.8 cm³/mol. The first-order chi connectivity index (χ1) is 5.12. The van der Waals surface area contributed by atoms with Crippen LogP contribution in [0.15, 0.2) is 0 Å². The molecule has 11 heavy (non-hydrogen) atoms. The van der Waals surface area contributed by atoms with Crippen molar-refractivity contribution in [1.82, 2.24) is 0 Å². The Morgan fingerprint density at radius 1 is 1.00 bits per heavy atom. The number of hydrogen-bond donors (Lipinski definition) is 2. The summed E-state index contributed by atoms with van der Waals surface area (Å²) in [7, 11) is -8.99. The van der Waals surface area contributed by atoms with Crippen molar-refractivity contribution in [2.45, 2.75) is 0 Å². The molecule has 4 N–H and O–H groups in total. The Kier molecular flexibility index (Phi) is 5.99. The molecular weight excluding hydrogens is 252 g/mol. The quantitative estimate of drug-likeness (QED) is 0.390. The summed E-state index contributed by atoms with van der Waals surface area (Å²) >= 11 is 0. The van der Waals surface area contributed by atoms with Crippen LogP contribution in [0, 0.1) is 0 Å². The number of rotatable bonds is 2. The third-order valence-electron chi connectivity index (χ3n) is 0. The Morgan fingerprint density at radius 3 is 1.09 bits per heavy atom. The molecule has 0 saturated carbocycles. The maximum absolute atomic E-state index is 9.15. The smallest absolute Gasteiger partial charge is 0.736 e. The summed E-state index contributed by atoms with van der Waals surface area (Å²) in [6.07, 6.45) is 0. The van der Waals surface area contributed by atoms with Crippen molar-refractivity contribution in [2.75, 3.05) is 0 Å². The van der Waals surface area contributed by atoms with Crippen molar-refractivity contribution >= 4 is 20.6 Å². The Bertz CT molecular complexity index is 263. The first kappa shape index (κ1) is 11.3. The monoisotopic (exact) mass is 257 g/mol. The van der Waals surface area contributed by atoms with E-state index in [9.17, 15) is 0 Å². The van der Waals surface area contributed by atoms with Gasteiger partial charge in [0.2, 0.25) is 0 Å². The van der Waals surface area contributed by atoms with E-state index in [-0.39, 0.29) is 17.1 Å². The van der Waals surface area contributed by atoms with Gasteiger partial charge in [-0.25, -0.2) is 27.1 Å². The minimum atomic E-state index is -4.50. The van der Waals surface area contributed by atoms with Gasteiger partial charge in [0.05, 0.1) is 0 Å².